The lowest BCUT2D eigenvalue weighted by atomic mass is 9.90. The van der Waals surface area contributed by atoms with Crippen LogP contribution in [0.5, 0.6) is 0 Å². The molecule has 0 unspecified atom stereocenters. The highest BCUT2D eigenvalue weighted by atomic mass is 35.5. The Morgan fingerprint density at radius 2 is 1.95 bits per heavy atom. The number of aromatic nitrogens is 3. The fourth-order valence-corrected chi connectivity index (χ4v) is 6.88. The molecule has 5 rings (SSSR count). The first-order valence-electron chi connectivity index (χ1n) is 13.8. The van der Waals surface area contributed by atoms with Crippen LogP contribution in [-0.4, -0.2) is 41.9 Å². The second-order valence-corrected chi connectivity index (χ2v) is 12.9. The van der Waals surface area contributed by atoms with E-state index in [9.17, 15) is 12.8 Å². The largest absolute Gasteiger partial charge is 0.383 e. The summed E-state index contributed by atoms with van der Waals surface area (Å²) in [4.78, 5) is 4.32. The first kappa shape index (κ1) is 29.9. The number of nitrogens with one attached hydrogen (secondary N) is 2. The van der Waals surface area contributed by atoms with Crippen LogP contribution in [0.15, 0.2) is 59.6 Å². The summed E-state index contributed by atoms with van der Waals surface area (Å²) in [6.07, 6.45) is 6.27. The molecule has 2 atom stereocenters. The molecule has 1 aliphatic rings. The third kappa shape index (κ3) is 5.86. The van der Waals surface area contributed by atoms with Gasteiger partial charge in [-0.2, -0.15) is 5.10 Å². The minimum Gasteiger partial charge on any atom is -0.383 e. The molecule has 0 spiro atoms. The van der Waals surface area contributed by atoms with Crippen LogP contribution in [0.4, 0.5) is 20.3 Å². The van der Waals surface area contributed by atoms with Crippen LogP contribution in [0.2, 0.25) is 5.02 Å². The molecule has 2 heterocycles. The van der Waals surface area contributed by atoms with E-state index in [-0.39, 0.29) is 39.5 Å². The zero-order valence-corrected chi connectivity index (χ0v) is 25.1. The van der Waals surface area contributed by atoms with Crippen LogP contribution >= 0.6 is 11.6 Å². The molecule has 0 radical (unpaired) electrons. The maximum atomic E-state index is 15.4. The Hall–Kier alpha value is -3.54. The summed E-state index contributed by atoms with van der Waals surface area (Å²) in [5, 5.41) is 8.78. The molecule has 0 saturated heterocycles. The van der Waals surface area contributed by atoms with Crippen molar-refractivity contribution in [3.8, 4) is 11.3 Å². The van der Waals surface area contributed by atoms with Crippen molar-refractivity contribution in [2.75, 3.05) is 17.1 Å². The Morgan fingerprint density at radius 1 is 1.19 bits per heavy atom. The Morgan fingerprint density at radius 3 is 2.60 bits per heavy atom. The van der Waals surface area contributed by atoms with Gasteiger partial charge in [0.05, 0.1) is 21.6 Å². The molecule has 4 N–H and O–H groups in total. The van der Waals surface area contributed by atoms with Crippen LogP contribution < -0.4 is 15.8 Å². The highest BCUT2D eigenvalue weighted by Gasteiger charge is 2.26. The van der Waals surface area contributed by atoms with E-state index in [1.165, 1.54) is 30.3 Å². The number of sulfonamides is 1. The molecule has 0 aliphatic heterocycles. The van der Waals surface area contributed by atoms with Crippen molar-refractivity contribution in [2.45, 2.75) is 63.1 Å². The molecule has 1 aliphatic carbocycles. The van der Waals surface area contributed by atoms with Crippen molar-refractivity contribution in [1.82, 2.24) is 20.1 Å². The minimum atomic E-state index is -4.12. The van der Waals surface area contributed by atoms with E-state index in [2.05, 4.69) is 21.1 Å². The van der Waals surface area contributed by atoms with E-state index in [0.29, 0.717) is 16.6 Å². The van der Waals surface area contributed by atoms with Gasteiger partial charge < -0.3 is 11.1 Å². The van der Waals surface area contributed by atoms with E-state index in [1.807, 2.05) is 25.5 Å². The van der Waals surface area contributed by atoms with Crippen molar-refractivity contribution >= 4 is 49.6 Å². The number of anilines is 2. The fourth-order valence-electron chi connectivity index (χ4n) is 5.29. The van der Waals surface area contributed by atoms with Gasteiger partial charge in [-0.1, -0.05) is 35.9 Å². The Balaban J connectivity index is 1.53. The summed E-state index contributed by atoms with van der Waals surface area (Å²) in [5.74, 6) is -0.527. The first-order chi connectivity index (χ1) is 20.0. The second-order valence-electron chi connectivity index (χ2n) is 10.8. The number of halogens is 3. The molecule has 2 aromatic carbocycles. The molecule has 222 valence electrons. The van der Waals surface area contributed by atoms with Crippen LogP contribution in [0.25, 0.3) is 27.7 Å². The summed E-state index contributed by atoms with van der Waals surface area (Å²) in [6, 6.07) is 10.1. The Kier molecular flexibility index (Phi) is 8.54. The van der Waals surface area contributed by atoms with Crippen molar-refractivity contribution in [1.29, 1.82) is 0 Å². The van der Waals surface area contributed by atoms with Gasteiger partial charge in [-0.25, -0.2) is 22.2 Å². The summed E-state index contributed by atoms with van der Waals surface area (Å²) < 4.78 is 58.3. The van der Waals surface area contributed by atoms with E-state index in [4.69, 9.17) is 22.4 Å². The number of rotatable bonds is 9. The molecule has 0 bridgehead atoms. The number of nitrogens with zero attached hydrogens (tertiary/aromatic N) is 3. The molecule has 4 aromatic rings. The maximum Gasteiger partial charge on any atom is 0.263 e. The third-order valence-corrected chi connectivity index (χ3v) is 9.23. The predicted molar refractivity (Wildman–Crippen MR) is 164 cm³/mol. The highest BCUT2D eigenvalue weighted by Crippen LogP contribution is 2.40. The SMILES string of the molecule is CC(C)n1nc(-c2ccc(NS(=O)(=O)c3ccccc3Cl)c(F)c2)c2c(N)ncc(C3=CC[C@H](N[C@H](C)CF)CC3)c21. The smallest absolute Gasteiger partial charge is 0.263 e. The van der Waals surface area contributed by atoms with E-state index in [0.717, 1.165) is 35.9 Å². The fraction of sp³-hybridized carbons (Fsp3) is 0.333. The average Bonchev–Trinajstić information content (AvgIpc) is 3.37. The average molecular weight is 615 g/mol. The number of nitrogen functional groups attached to an aromatic ring is 1. The molecule has 0 amide bonds. The highest BCUT2D eigenvalue weighted by molar-refractivity contribution is 7.92. The van der Waals surface area contributed by atoms with Crippen molar-refractivity contribution < 1.29 is 17.2 Å². The molecule has 42 heavy (non-hydrogen) atoms. The number of pyridine rings is 1. The van der Waals surface area contributed by atoms with Gasteiger partial charge in [-0.15, -0.1) is 0 Å². The van der Waals surface area contributed by atoms with Gasteiger partial charge in [0.25, 0.3) is 10.0 Å². The molecular weight excluding hydrogens is 582 g/mol. The minimum absolute atomic E-state index is 0.0284. The molecule has 12 heteroatoms. The summed E-state index contributed by atoms with van der Waals surface area (Å²) in [7, 11) is -4.12. The molecular formula is C30H33ClF2N6O2S. The van der Waals surface area contributed by atoms with E-state index in [1.54, 1.807) is 18.3 Å². The Bertz CT molecular complexity index is 1770. The quantitative estimate of drug-likeness (QED) is 0.192. The van der Waals surface area contributed by atoms with Crippen molar-refractivity contribution in [3.05, 3.63) is 71.1 Å². The second kappa shape index (κ2) is 12.0. The van der Waals surface area contributed by atoms with Gasteiger partial charge in [0.2, 0.25) is 0 Å². The number of allylic oxidation sites excluding steroid dienone is 1. The number of benzene rings is 2. The first-order valence-corrected chi connectivity index (χ1v) is 15.6. The molecule has 2 aromatic heterocycles. The van der Waals surface area contributed by atoms with Crippen LogP contribution in [-0.2, 0) is 10.0 Å². The summed E-state index contributed by atoms with van der Waals surface area (Å²) >= 11 is 6.06. The van der Waals surface area contributed by atoms with Crippen LogP contribution in [0.1, 0.15) is 51.6 Å². The third-order valence-electron chi connectivity index (χ3n) is 7.37. The number of nitrogens with two attached hydrogens (primary N) is 1. The number of alkyl halides is 1. The molecule has 8 nitrogen and oxygen atoms in total. The molecule has 0 saturated carbocycles. The lowest BCUT2D eigenvalue weighted by Gasteiger charge is -2.26. The van der Waals surface area contributed by atoms with Gasteiger partial charge in [0, 0.05) is 35.4 Å². The molecule has 0 fully saturated rings. The van der Waals surface area contributed by atoms with Gasteiger partial charge >= 0.3 is 0 Å². The van der Waals surface area contributed by atoms with Crippen molar-refractivity contribution in [3.63, 3.8) is 0 Å². The van der Waals surface area contributed by atoms with Gasteiger partial charge in [0.15, 0.2) is 0 Å². The zero-order valence-electron chi connectivity index (χ0n) is 23.5. The van der Waals surface area contributed by atoms with Gasteiger partial charge in [-0.3, -0.25) is 9.40 Å². The monoisotopic (exact) mass is 614 g/mol. The van der Waals surface area contributed by atoms with E-state index >= 15 is 4.39 Å². The van der Waals surface area contributed by atoms with Gasteiger partial charge in [-0.05, 0) is 69.9 Å². The topological polar surface area (TPSA) is 115 Å². The maximum absolute atomic E-state index is 15.4. The van der Waals surface area contributed by atoms with E-state index < -0.39 is 22.5 Å². The number of hydrogen-bond acceptors (Lipinski definition) is 6. The number of fused-ring (bicyclic) bond motifs is 1. The normalized spacial score (nSPS) is 16.5. The predicted octanol–water partition coefficient (Wildman–Crippen LogP) is 6.74. The lowest BCUT2D eigenvalue weighted by molar-refractivity contribution is 0.347. The zero-order chi connectivity index (χ0) is 30.2. The van der Waals surface area contributed by atoms with Gasteiger partial charge in [0.1, 0.15) is 28.9 Å². The lowest BCUT2D eigenvalue weighted by Crippen LogP contribution is -2.38. The Labute approximate surface area is 249 Å². The van der Waals surface area contributed by atoms with Crippen LogP contribution in [0, 0.1) is 5.82 Å². The number of hydrogen-bond donors (Lipinski definition) is 3. The van der Waals surface area contributed by atoms with Crippen LogP contribution in [0.3, 0.4) is 0 Å². The van der Waals surface area contributed by atoms with Crippen molar-refractivity contribution in [2.24, 2.45) is 0 Å². The summed E-state index contributed by atoms with van der Waals surface area (Å²) in [6.45, 7) is 5.41. The summed E-state index contributed by atoms with van der Waals surface area (Å²) in [5.41, 5.74) is 9.83. The standard InChI is InChI=1S/C30H33ClF2N6O2S/c1-17(2)39-29-22(19-8-11-21(12-9-19)36-18(3)15-32)16-35-30(34)27(29)28(37-39)20-10-13-25(24(33)14-20)38-42(40,41)26-7-5-4-6-23(26)31/h4-8,10,13-14,16-18,21,36,38H,9,11-12,15H2,1-3H3,(H2,34,35)/t18-,21+/m1/s1.